The first kappa shape index (κ1) is 22.7. The minimum Gasteiger partial charge on any atom is -0.330 e. The molecule has 1 fully saturated rings. The summed E-state index contributed by atoms with van der Waals surface area (Å²) in [5, 5.41) is 10.9. The second kappa shape index (κ2) is 9.58. The molecule has 0 atom stereocenters. The van der Waals surface area contributed by atoms with Gasteiger partial charge in [0.05, 0.1) is 18.0 Å². The predicted octanol–water partition coefficient (Wildman–Crippen LogP) is 5.07. The first-order valence-corrected chi connectivity index (χ1v) is 10.3. The van der Waals surface area contributed by atoms with Crippen molar-refractivity contribution < 1.29 is 23.3 Å². The van der Waals surface area contributed by atoms with Crippen LogP contribution in [0, 0.1) is 21.7 Å². The molecule has 0 aromatic heterocycles. The van der Waals surface area contributed by atoms with Crippen molar-refractivity contribution in [1.29, 1.82) is 0 Å². The number of piperidine rings is 1. The van der Waals surface area contributed by atoms with Gasteiger partial charge < -0.3 is 4.90 Å². The Labute approximate surface area is 193 Å². The molecular weight excluding hydrogens is 442 g/mol. The molecule has 6 nitrogen and oxygen atoms in total. The molecule has 1 aliphatic heterocycles. The van der Waals surface area contributed by atoms with Gasteiger partial charge in [0, 0.05) is 28.8 Å². The van der Waals surface area contributed by atoms with Gasteiger partial charge >= 0.3 is 0 Å². The maximum absolute atomic E-state index is 13.3. The molecule has 3 aromatic rings. The van der Waals surface area contributed by atoms with E-state index < -0.39 is 22.5 Å². The number of carbonyl (C=O) groups is 2. The molecule has 1 saturated heterocycles. The Morgan fingerprint density at radius 3 is 1.65 bits per heavy atom. The van der Waals surface area contributed by atoms with Gasteiger partial charge in [0.2, 0.25) is 0 Å². The van der Waals surface area contributed by atoms with Crippen LogP contribution >= 0.6 is 0 Å². The highest BCUT2D eigenvalue weighted by atomic mass is 19.1. The van der Waals surface area contributed by atoms with Crippen molar-refractivity contribution in [2.75, 3.05) is 13.1 Å². The molecule has 0 radical (unpaired) electrons. The number of carbonyl (C=O) groups excluding carboxylic acids is 2. The number of nitro groups is 1. The van der Waals surface area contributed by atoms with E-state index in [1.54, 1.807) is 12.2 Å². The monoisotopic (exact) mass is 460 g/mol. The minimum absolute atomic E-state index is 0.00673. The van der Waals surface area contributed by atoms with E-state index in [-0.39, 0.29) is 30.1 Å². The van der Waals surface area contributed by atoms with Gasteiger partial charge in [-0.3, -0.25) is 19.7 Å². The van der Waals surface area contributed by atoms with Gasteiger partial charge in [0.1, 0.15) is 11.6 Å². The highest BCUT2D eigenvalue weighted by Gasteiger charge is 2.30. The van der Waals surface area contributed by atoms with Crippen LogP contribution in [0.4, 0.5) is 14.5 Å². The first-order chi connectivity index (χ1) is 16.3. The Hall–Kier alpha value is -4.46. The Morgan fingerprint density at radius 1 is 0.794 bits per heavy atom. The molecular formula is C26H18F2N2O4. The van der Waals surface area contributed by atoms with E-state index >= 15 is 0 Å². The molecule has 1 aliphatic rings. The molecule has 0 unspecified atom stereocenters. The molecule has 4 rings (SSSR count). The number of halogens is 2. The van der Waals surface area contributed by atoms with E-state index in [0.717, 1.165) is 0 Å². The van der Waals surface area contributed by atoms with E-state index in [1.165, 1.54) is 77.7 Å². The number of hydrogen-bond acceptors (Lipinski definition) is 4. The van der Waals surface area contributed by atoms with E-state index in [0.29, 0.717) is 22.3 Å². The molecule has 0 saturated carbocycles. The van der Waals surface area contributed by atoms with Gasteiger partial charge in [0.25, 0.3) is 11.6 Å². The van der Waals surface area contributed by atoms with Crippen LogP contribution in [-0.2, 0) is 4.79 Å². The average molecular weight is 460 g/mol. The number of Topliss-reactive ketones (excluding diaryl/α,β-unsaturated/α-hetero) is 1. The second-order valence-corrected chi connectivity index (χ2v) is 7.74. The quantitative estimate of drug-likeness (QED) is 0.310. The number of likely N-dealkylation sites (tertiary alicyclic amines) is 1. The summed E-state index contributed by atoms with van der Waals surface area (Å²) in [5.41, 5.74) is 1.93. The number of benzene rings is 3. The third kappa shape index (κ3) is 5.12. The van der Waals surface area contributed by atoms with Crippen molar-refractivity contribution in [3.63, 3.8) is 0 Å². The molecule has 0 N–H and O–H groups in total. The molecule has 8 heteroatoms. The number of hydrogen-bond donors (Lipinski definition) is 0. The van der Waals surface area contributed by atoms with Crippen LogP contribution in [0.25, 0.3) is 12.2 Å². The average Bonchev–Trinajstić information content (AvgIpc) is 2.84. The van der Waals surface area contributed by atoms with Crippen molar-refractivity contribution >= 4 is 29.5 Å². The van der Waals surface area contributed by atoms with Crippen molar-refractivity contribution in [3.05, 3.63) is 122 Å². The van der Waals surface area contributed by atoms with Crippen LogP contribution in [0.5, 0.6) is 0 Å². The molecule has 1 heterocycles. The summed E-state index contributed by atoms with van der Waals surface area (Å²) in [7, 11) is 0. The molecule has 170 valence electrons. The van der Waals surface area contributed by atoms with Crippen molar-refractivity contribution in [2.24, 2.45) is 0 Å². The molecule has 0 bridgehead atoms. The van der Waals surface area contributed by atoms with Gasteiger partial charge in [0.15, 0.2) is 5.78 Å². The SMILES string of the molecule is O=C1/C(=C\c2ccc(F)cc2)CN(C(=O)c2ccc([N+](=O)[O-])cc2)C/C1=C\c1ccc(F)cc1. The normalized spacial score (nSPS) is 16.2. The lowest BCUT2D eigenvalue weighted by Crippen LogP contribution is -2.41. The van der Waals surface area contributed by atoms with Crippen LogP contribution in [0.2, 0.25) is 0 Å². The van der Waals surface area contributed by atoms with E-state index in [4.69, 9.17) is 0 Å². The Bertz CT molecular complexity index is 1240. The van der Waals surface area contributed by atoms with Crippen LogP contribution in [0.3, 0.4) is 0 Å². The van der Waals surface area contributed by atoms with E-state index in [2.05, 4.69) is 0 Å². The molecule has 34 heavy (non-hydrogen) atoms. The number of nitrogens with zero attached hydrogens (tertiary/aromatic N) is 2. The van der Waals surface area contributed by atoms with Crippen LogP contribution in [-0.4, -0.2) is 34.6 Å². The summed E-state index contributed by atoms with van der Waals surface area (Å²) >= 11 is 0. The zero-order valence-corrected chi connectivity index (χ0v) is 17.8. The van der Waals surface area contributed by atoms with Gasteiger partial charge in [-0.05, 0) is 59.7 Å². The number of nitro benzene ring substituents is 1. The lowest BCUT2D eigenvalue weighted by Gasteiger charge is -2.30. The van der Waals surface area contributed by atoms with Gasteiger partial charge in [-0.25, -0.2) is 8.78 Å². The highest BCUT2D eigenvalue weighted by Crippen LogP contribution is 2.24. The standard InChI is InChI=1S/C26H18F2N2O4/c27-22-7-1-17(2-8-22)13-20-15-29(26(32)19-5-11-24(12-6-19)30(33)34)16-21(25(20)31)14-18-3-9-23(28)10-4-18/h1-14H,15-16H2/b20-13-,21-14+. The molecule has 0 spiro atoms. The summed E-state index contributed by atoms with van der Waals surface area (Å²) < 4.78 is 26.6. The van der Waals surface area contributed by atoms with Crippen molar-refractivity contribution in [3.8, 4) is 0 Å². The van der Waals surface area contributed by atoms with E-state index in [9.17, 15) is 28.5 Å². The fraction of sp³-hybridized carbons (Fsp3) is 0.0769. The summed E-state index contributed by atoms with van der Waals surface area (Å²) in [6.45, 7) is 0.0135. The number of ketones is 1. The van der Waals surface area contributed by atoms with Crippen molar-refractivity contribution in [2.45, 2.75) is 0 Å². The lowest BCUT2D eigenvalue weighted by atomic mass is 9.93. The second-order valence-electron chi connectivity index (χ2n) is 7.74. The smallest absolute Gasteiger partial charge is 0.269 e. The Kier molecular flexibility index (Phi) is 6.40. The van der Waals surface area contributed by atoms with Gasteiger partial charge in [-0.1, -0.05) is 24.3 Å². The predicted molar refractivity (Wildman–Crippen MR) is 123 cm³/mol. The third-order valence-corrected chi connectivity index (χ3v) is 5.34. The zero-order valence-electron chi connectivity index (χ0n) is 17.8. The largest absolute Gasteiger partial charge is 0.330 e. The lowest BCUT2D eigenvalue weighted by molar-refractivity contribution is -0.384. The van der Waals surface area contributed by atoms with Crippen molar-refractivity contribution in [1.82, 2.24) is 4.90 Å². The number of amides is 1. The topological polar surface area (TPSA) is 80.5 Å². The number of non-ortho nitro benzene ring substituents is 1. The summed E-state index contributed by atoms with van der Waals surface area (Å²) in [6, 6.07) is 16.4. The van der Waals surface area contributed by atoms with Crippen LogP contribution in [0.1, 0.15) is 21.5 Å². The van der Waals surface area contributed by atoms with Crippen LogP contribution < -0.4 is 0 Å². The maximum Gasteiger partial charge on any atom is 0.269 e. The summed E-state index contributed by atoms with van der Waals surface area (Å²) in [6.07, 6.45) is 3.19. The minimum atomic E-state index is -0.555. The maximum atomic E-state index is 13.3. The fourth-order valence-corrected chi connectivity index (χ4v) is 3.61. The molecule has 0 aliphatic carbocycles. The number of rotatable bonds is 4. The van der Waals surface area contributed by atoms with E-state index in [1.807, 2.05) is 0 Å². The Morgan fingerprint density at radius 2 is 1.24 bits per heavy atom. The first-order valence-electron chi connectivity index (χ1n) is 10.3. The molecule has 1 amide bonds. The Balaban J connectivity index is 1.70. The fourth-order valence-electron chi connectivity index (χ4n) is 3.61. The third-order valence-electron chi connectivity index (χ3n) is 5.34. The highest BCUT2D eigenvalue weighted by molar-refractivity contribution is 6.15. The summed E-state index contributed by atoms with van der Waals surface area (Å²) in [4.78, 5) is 38.2. The van der Waals surface area contributed by atoms with Gasteiger partial charge in [-0.2, -0.15) is 0 Å². The summed E-state index contributed by atoms with van der Waals surface area (Å²) in [5.74, 6) is -1.51. The van der Waals surface area contributed by atoms with Crippen LogP contribution in [0.15, 0.2) is 83.9 Å². The van der Waals surface area contributed by atoms with Gasteiger partial charge in [-0.15, -0.1) is 0 Å². The zero-order chi connectivity index (χ0) is 24.2. The molecule has 3 aromatic carbocycles.